The Kier molecular flexibility index (Phi) is 6.97. The van der Waals surface area contributed by atoms with E-state index in [1.54, 1.807) is 0 Å². The van der Waals surface area contributed by atoms with Gasteiger partial charge in [0.15, 0.2) is 0 Å². The van der Waals surface area contributed by atoms with Crippen molar-refractivity contribution in [1.82, 2.24) is 0 Å². The summed E-state index contributed by atoms with van der Waals surface area (Å²) >= 11 is 0. The fourth-order valence-corrected chi connectivity index (χ4v) is 5.12. The molecule has 0 aromatic heterocycles. The molecule has 0 fully saturated rings. The standard InChI is InChI=1S/C18H15P.C8H10/c1-4-10-16(11-5-1)19(17-12-6-2-7-13-17)18-14-8-3-9-15-18;1-7-3-5-8(2)6-4-7/h1-15H;3-6H,1-2H3. The van der Waals surface area contributed by atoms with Crippen LogP contribution in [0.25, 0.3) is 0 Å². The van der Waals surface area contributed by atoms with Crippen LogP contribution in [0.3, 0.4) is 0 Å². The first-order valence-corrected chi connectivity index (χ1v) is 10.6. The van der Waals surface area contributed by atoms with Gasteiger partial charge in [-0.15, -0.1) is 0 Å². The molecular weight excluding hydrogens is 343 g/mol. The van der Waals surface area contributed by atoms with Gasteiger partial charge in [-0.1, -0.05) is 126 Å². The summed E-state index contributed by atoms with van der Waals surface area (Å²) in [4.78, 5) is 0. The molecule has 4 rings (SSSR count). The Balaban J connectivity index is 0.000000221. The zero-order valence-electron chi connectivity index (χ0n) is 15.9. The lowest BCUT2D eigenvalue weighted by molar-refractivity contribution is 1.40. The van der Waals surface area contributed by atoms with E-state index in [1.807, 2.05) is 0 Å². The van der Waals surface area contributed by atoms with E-state index in [4.69, 9.17) is 0 Å². The third-order valence-corrected chi connectivity index (χ3v) is 6.71. The van der Waals surface area contributed by atoms with Crippen LogP contribution >= 0.6 is 7.92 Å². The predicted octanol–water partition coefficient (Wildman–Crippen LogP) is 5.75. The number of benzene rings is 4. The van der Waals surface area contributed by atoms with Gasteiger partial charge >= 0.3 is 0 Å². The van der Waals surface area contributed by atoms with Crippen LogP contribution in [0.2, 0.25) is 0 Å². The van der Waals surface area contributed by atoms with Crippen molar-refractivity contribution in [2.75, 3.05) is 0 Å². The van der Waals surface area contributed by atoms with Gasteiger partial charge in [-0.05, 0) is 37.7 Å². The van der Waals surface area contributed by atoms with Crippen LogP contribution in [0.4, 0.5) is 0 Å². The number of rotatable bonds is 3. The van der Waals surface area contributed by atoms with E-state index in [2.05, 4.69) is 129 Å². The molecule has 0 saturated carbocycles. The lowest BCUT2D eigenvalue weighted by atomic mass is 10.2. The molecule has 0 atom stereocenters. The van der Waals surface area contributed by atoms with Crippen LogP contribution in [0.1, 0.15) is 11.1 Å². The van der Waals surface area contributed by atoms with Gasteiger partial charge in [0.05, 0.1) is 0 Å². The molecule has 0 aliphatic rings. The van der Waals surface area contributed by atoms with E-state index in [-0.39, 0.29) is 0 Å². The van der Waals surface area contributed by atoms with Crippen LogP contribution in [0.15, 0.2) is 115 Å². The average Bonchev–Trinajstić information content (AvgIpc) is 2.73. The maximum absolute atomic E-state index is 2.23. The molecule has 0 nitrogen and oxygen atoms in total. The lowest BCUT2D eigenvalue weighted by Gasteiger charge is -2.18. The Morgan fingerprint density at radius 3 is 0.889 bits per heavy atom. The van der Waals surface area contributed by atoms with Crippen molar-refractivity contribution >= 4 is 23.8 Å². The molecular formula is C26H25P. The Morgan fingerprint density at radius 1 is 0.370 bits per heavy atom. The number of hydrogen-bond donors (Lipinski definition) is 0. The van der Waals surface area contributed by atoms with Crippen molar-refractivity contribution in [3.8, 4) is 0 Å². The summed E-state index contributed by atoms with van der Waals surface area (Å²) < 4.78 is 0. The lowest BCUT2D eigenvalue weighted by Crippen LogP contribution is -2.20. The Labute approximate surface area is 164 Å². The van der Waals surface area contributed by atoms with E-state index in [0.717, 1.165) is 0 Å². The molecule has 0 bridgehead atoms. The van der Waals surface area contributed by atoms with Gasteiger partial charge in [0.25, 0.3) is 0 Å². The summed E-state index contributed by atoms with van der Waals surface area (Å²) in [6.45, 7) is 4.19. The Hall–Kier alpha value is -2.69. The van der Waals surface area contributed by atoms with E-state index in [0.29, 0.717) is 0 Å². The predicted molar refractivity (Wildman–Crippen MR) is 121 cm³/mol. The smallest absolute Gasteiger partial charge is 0.0134 e. The highest BCUT2D eigenvalue weighted by molar-refractivity contribution is 7.79. The topological polar surface area (TPSA) is 0 Å². The summed E-state index contributed by atoms with van der Waals surface area (Å²) in [5.41, 5.74) is 2.66. The minimum atomic E-state index is -0.446. The van der Waals surface area contributed by atoms with Crippen molar-refractivity contribution < 1.29 is 0 Å². The zero-order chi connectivity index (χ0) is 18.9. The number of aryl methyl sites for hydroxylation is 2. The van der Waals surface area contributed by atoms with Crippen molar-refractivity contribution in [2.24, 2.45) is 0 Å². The molecule has 0 unspecified atom stereocenters. The third-order valence-electron chi connectivity index (χ3n) is 4.26. The second kappa shape index (κ2) is 9.86. The van der Waals surface area contributed by atoms with Crippen molar-refractivity contribution in [3.05, 3.63) is 126 Å². The third kappa shape index (κ3) is 5.64. The van der Waals surface area contributed by atoms with Crippen molar-refractivity contribution in [1.29, 1.82) is 0 Å². The molecule has 0 radical (unpaired) electrons. The fourth-order valence-electron chi connectivity index (χ4n) is 2.82. The molecule has 0 saturated heterocycles. The minimum absolute atomic E-state index is 0.446. The van der Waals surface area contributed by atoms with Gasteiger partial charge < -0.3 is 0 Å². The quantitative estimate of drug-likeness (QED) is 0.404. The summed E-state index contributed by atoms with van der Waals surface area (Å²) in [5.74, 6) is 0. The molecule has 0 spiro atoms. The second-order valence-corrected chi connectivity index (χ2v) is 8.72. The Bertz CT molecular complexity index is 799. The van der Waals surface area contributed by atoms with E-state index in [1.165, 1.54) is 27.0 Å². The van der Waals surface area contributed by atoms with Gasteiger partial charge in [-0.2, -0.15) is 0 Å². The summed E-state index contributed by atoms with van der Waals surface area (Å²) in [7, 11) is -0.446. The van der Waals surface area contributed by atoms with E-state index < -0.39 is 7.92 Å². The number of hydrogen-bond acceptors (Lipinski definition) is 0. The first-order chi connectivity index (χ1) is 13.2. The minimum Gasteiger partial charge on any atom is -0.0622 e. The summed E-state index contributed by atoms with van der Waals surface area (Å²) in [6, 6.07) is 40.8. The van der Waals surface area contributed by atoms with Crippen LogP contribution in [0.5, 0.6) is 0 Å². The van der Waals surface area contributed by atoms with Gasteiger partial charge in [-0.3, -0.25) is 0 Å². The first-order valence-electron chi connectivity index (χ1n) is 9.22. The van der Waals surface area contributed by atoms with Crippen LogP contribution in [-0.4, -0.2) is 0 Å². The summed E-state index contributed by atoms with van der Waals surface area (Å²) in [5, 5.41) is 4.19. The highest BCUT2D eigenvalue weighted by Gasteiger charge is 2.14. The highest BCUT2D eigenvalue weighted by Crippen LogP contribution is 2.32. The van der Waals surface area contributed by atoms with Crippen molar-refractivity contribution in [2.45, 2.75) is 13.8 Å². The molecule has 4 aromatic carbocycles. The first kappa shape index (κ1) is 19.1. The fraction of sp³-hybridized carbons (Fsp3) is 0.0769. The molecule has 0 amide bonds. The van der Waals surface area contributed by atoms with Crippen molar-refractivity contribution in [3.63, 3.8) is 0 Å². The molecule has 0 N–H and O–H groups in total. The normalized spacial score (nSPS) is 10.2. The molecule has 0 heterocycles. The molecule has 134 valence electrons. The average molecular weight is 368 g/mol. The largest absolute Gasteiger partial charge is 0.0622 e. The highest BCUT2D eigenvalue weighted by atomic mass is 31.1. The molecule has 1 heteroatoms. The van der Waals surface area contributed by atoms with Crippen LogP contribution in [-0.2, 0) is 0 Å². The molecule has 27 heavy (non-hydrogen) atoms. The monoisotopic (exact) mass is 368 g/mol. The zero-order valence-corrected chi connectivity index (χ0v) is 16.8. The van der Waals surface area contributed by atoms with E-state index in [9.17, 15) is 0 Å². The van der Waals surface area contributed by atoms with Gasteiger partial charge in [0.2, 0.25) is 0 Å². The summed E-state index contributed by atoms with van der Waals surface area (Å²) in [6.07, 6.45) is 0. The molecule has 0 aliphatic carbocycles. The Morgan fingerprint density at radius 2 is 0.630 bits per heavy atom. The van der Waals surface area contributed by atoms with Gasteiger partial charge in [-0.25, -0.2) is 0 Å². The maximum Gasteiger partial charge on any atom is -0.0134 e. The van der Waals surface area contributed by atoms with E-state index >= 15 is 0 Å². The van der Waals surface area contributed by atoms with Gasteiger partial charge in [0.1, 0.15) is 0 Å². The van der Waals surface area contributed by atoms with Crippen LogP contribution in [0, 0.1) is 13.8 Å². The molecule has 0 aliphatic heterocycles. The van der Waals surface area contributed by atoms with Crippen LogP contribution < -0.4 is 15.9 Å². The second-order valence-electron chi connectivity index (χ2n) is 6.50. The van der Waals surface area contributed by atoms with Gasteiger partial charge in [0, 0.05) is 0 Å². The SMILES string of the molecule is Cc1ccc(C)cc1.c1ccc(P(c2ccccc2)c2ccccc2)cc1. The molecule has 4 aromatic rings. The maximum atomic E-state index is 2.23.